The molecule has 0 radical (unpaired) electrons. The third-order valence-electron chi connectivity index (χ3n) is 2.94. The summed E-state index contributed by atoms with van der Waals surface area (Å²) in [6.45, 7) is 6.11. The van der Waals surface area contributed by atoms with Crippen LogP contribution in [0.1, 0.15) is 31.5 Å². The Balaban J connectivity index is 1.90. The van der Waals surface area contributed by atoms with Crippen molar-refractivity contribution >= 4 is 16.9 Å². The summed E-state index contributed by atoms with van der Waals surface area (Å²) in [6, 6.07) is 4.14. The summed E-state index contributed by atoms with van der Waals surface area (Å²) in [5, 5.41) is 5.12. The van der Waals surface area contributed by atoms with Crippen molar-refractivity contribution in [3.05, 3.63) is 29.6 Å². The second-order valence-corrected chi connectivity index (χ2v) is 5.40. The maximum atomic E-state index is 4.50. The van der Waals surface area contributed by atoms with E-state index in [4.69, 9.17) is 0 Å². The first-order valence-corrected chi connectivity index (χ1v) is 7.09. The topological polar surface area (TPSA) is 37.3 Å². The minimum atomic E-state index is 0.659. The third-order valence-corrected chi connectivity index (χ3v) is 4.26. The fraction of sp³-hybridized carbons (Fsp3) is 0.538. The standard InChI is InChI=1S/C13H19N3S/c1-3-10-6-5-7-14-12(10)9-16-13-15-8-11(4-2)17-13/h5-7,11H,3-4,8-9H2,1-2H3,(H,15,16). The minimum Gasteiger partial charge on any atom is -0.359 e. The monoisotopic (exact) mass is 249 g/mol. The first-order valence-electron chi connectivity index (χ1n) is 6.21. The van der Waals surface area contributed by atoms with Crippen molar-refractivity contribution in [1.29, 1.82) is 0 Å². The number of thioether (sulfide) groups is 1. The Kier molecular flexibility index (Phi) is 4.42. The van der Waals surface area contributed by atoms with Gasteiger partial charge < -0.3 is 5.32 Å². The van der Waals surface area contributed by atoms with Crippen molar-refractivity contribution < 1.29 is 0 Å². The van der Waals surface area contributed by atoms with Crippen LogP contribution in [0, 0.1) is 0 Å². The molecule has 0 saturated heterocycles. The largest absolute Gasteiger partial charge is 0.359 e. The summed E-state index contributed by atoms with van der Waals surface area (Å²) >= 11 is 1.85. The molecule has 1 atom stereocenters. The molecule has 0 fully saturated rings. The van der Waals surface area contributed by atoms with E-state index in [0.717, 1.165) is 30.4 Å². The number of nitrogens with one attached hydrogen (secondary N) is 1. The fourth-order valence-corrected chi connectivity index (χ4v) is 2.77. The molecule has 1 aliphatic heterocycles. The number of nitrogens with zero attached hydrogens (tertiary/aromatic N) is 2. The molecule has 1 unspecified atom stereocenters. The quantitative estimate of drug-likeness (QED) is 0.891. The molecular formula is C13H19N3S. The molecule has 0 aromatic carbocycles. The zero-order valence-electron chi connectivity index (χ0n) is 10.4. The van der Waals surface area contributed by atoms with Gasteiger partial charge in [-0.15, -0.1) is 0 Å². The van der Waals surface area contributed by atoms with Crippen LogP contribution < -0.4 is 5.32 Å². The molecule has 0 saturated carbocycles. The van der Waals surface area contributed by atoms with Crippen molar-refractivity contribution in [2.24, 2.45) is 4.99 Å². The van der Waals surface area contributed by atoms with Crippen LogP contribution in [0.5, 0.6) is 0 Å². The Morgan fingerprint density at radius 2 is 2.35 bits per heavy atom. The molecule has 0 amide bonds. The molecule has 1 aromatic rings. The highest BCUT2D eigenvalue weighted by Gasteiger charge is 2.17. The average molecular weight is 249 g/mol. The van der Waals surface area contributed by atoms with Crippen LogP contribution in [-0.4, -0.2) is 21.9 Å². The van der Waals surface area contributed by atoms with Crippen LogP contribution in [0.15, 0.2) is 23.3 Å². The van der Waals surface area contributed by atoms with Crippen LogP contribution in [-0.2, 0) is 13.0 Å². The number of aliphatic imine (C=N–C) groups is 1. The van der Waals surface area contributed by atoms with Crippen LogP contribution in [0.2, 0.25) is 0 Å². The van der Waals surface area contributed by atoms with Gasteiger partial charge in [0.25, 0.3) is 0 Å². The van der Waals surface area contributed by atoms with E-state index in [-0.39, 0.29) is 0 Å². The molecule has 92 valence electrons. The van der Waals surface area contributed by atoms with Crippen molar-refractivity contribution in [1.82, 2.24) is 10.3 Å². The van der Waals surface area contributed by atoms with Gasteiger partial charge in [-0.3, -0.25) is 9.98 Å². The van der Waals surface area contributed by atoms with Gasteiger partial charge in [-0.25, -0.2) is 0 Å². The number of hydrogen-bond acceptors (Lipinski definition) is 4. The van der Waals surface area contributed by atoms with E-state index in [0.29, 0.717) is 5.25 Å². The number of aromatic nitrogens is 1. The molecule has 2 rings (SSSR count). The Labute approximate surface area is 107 Å². The zero-order valence-corrected chi connectivity index (χ0v) is 11.3. The van der Waals surface area contributed by atoms with Gasteiger partial charge in [0.1, 0.15) is 0 Å². The molecule has 1 N–H and O–H groups in total. The van der Waals surface area contributed by atoms with Crippen LogP contribution >= 0.6 is 11.8 Å². The predicted octanol–water partition coefficient (Wildman–Crippen LogP) is 2.62. The second kappa shape index (κ2) is 6.05. The molecule has 2 heterocycles. The summed E-state index contributed by atoms with van der Waals surface area (Å²) < 4.78 is 0. The van der Waals surface area contributed by atoms with Crippen molar-refractivity contribution in [2.45, 2.75) is 38.5 Å². The number of hydrogen-bond donors (Lipinski definition) is 1. The SMILES string of the molecule is CCc1cccnc1CNC1=NCC(CC)S1. The number of aryl methyl sites for hydroxylation is 1. The van der Waals surface area contributed by atoms with Gasteiger partial charge in [0.2, 0.25) is 0 Å². The lowest BCUT2D eigenvalue weighted by Gasteiger charge is -2.09. The van der Waals surface area contributed by atoms with E-state index in [1.165, 1.54) is 12.0 Å². The molecule has 0 bridgehead atoms. The minimum absolute atomic E-state index is 0.659. The molecule has 17 heavy (non-hydrogen) atoms. The van der Waals surface area contributed by atoms with Gasteiger partial charge >= 0.3 is 0 Å². The normalized spacial score (nSPS) is 19.2. The summed E-state index contributed by atoms with van der Waals surface area (Å²) in [5.74, 6) is 0. The van der Waals surface area contributed by atoms with Crippen LogP contribution in [0.3, 0.4) is 0 Å². The number of rotatable bonds is 4. The number of pyridine rings is 1. The van der Waals surface area contributed by atoms with E-state index in [1.807, 2.05) is 24.0 Å². The second-order valence-electron chi connectivity index (χ2n) is 4.11. The summed E-state index contributed by atoms with van der Waals surface area (Å²) in [4.78, 5) is 8.92. The molecule has 1 aromatic heterocycles. The lowest BCUT2D eigenvalue weighted by atomic mass is 10.1. The van der Waals surface area contributed by atoms with E-state index in [9.17, 15) is 0 Å². The Hall–Kier alpha value is -1.03. The third kappa shape index (κ3) is 3.22. The molecule has 0 spiro atoms. The first-order chi connectivity index (χ1) is 8.33. The average Bonchev–Trinajstić information content (AvgIpc) is 2.84. The van der Waals surface area contributed by atoms with E-state index in [2.05, 4.69) is 35.2 Å². The Morgan fingerprint density at radius 1 is 1.47 bits per heavy atom. The molecule has 1 aliphatic rings. The van der Waals surface area contributed by atoms with Crippen molar-refractivity contribution in [3.8, 4) is 0 Å². The van der Waals surface area contributed by atoms with Crippen molar-refractivity contribution in [2.75, 3.05) is 6.54 Å². The molecular weight excluding hydrogens is 230 g/mol. The zero-order chi connectivity index (χ0) is 12.1. The lowest BCUT2D eigenvalue weighted by Crippen LogP contribution is -2.20. The van der Waals surface area contributed by atoms with Gasteiger partial charge in [0, 0.05) is 11.4 Å². The lowest BCUT2D eigenvalue weighted by molar-refractivity contribution is 0.832. The molecule has 0 aliphatic carbocycles. The summed E-state index contributed by atoms with van der Waals surface area (Å²) in [7, 11) is 0. The Morgan fingerprint density at radius 3 is 3.06 bits per heavy atom. The maximum Gasteiger partial charge on any atom is 0.157 e. The fourth-order valence-electron chi connectivity index (χ4n) is 1.84. The number of amidine groups is 1. The van der Waals surface area contributed by atoms with E-state index < -0.39 is 0 Å². The summed E-state index contributed by atoms with van der Waals surface area (Å²) in [6.07, 6.45) is 4.07. The highest BCUT2D eigenvalue weighted by Crippen LogP contribution is 2.22. The van der Waals surface area contributed by atoms with E-state index in [1.54, 1.807) is 0 Å². The molecule has 4 heteroatoms. The highest BCUT2D eigenvalue weighted by atomic mass is 32.2. The van der Waals surface area contributed by atoms with Gasteiger partial charge in [0.15, 0.2) is 5.17 Å². The summed E-state index contributed by atoms with van der Waals surface area (Å²) in [5.41, 5.74) is 2.45. The smallest absolute Gasteiger partial charge is 0.157 e. The highest BCUT2D eigenvalue weighted by molar-refractivity contribution is 8.14. The predicted molar refractivity (Wildman–Crippen MR) is 74.4 cm³/mol. The van der Waals surface area contributed by atoms with Gasteiger partial charge in [-0.2, -0.15) is 0 Å². The van der Waals surface area contributed by atoms with Crippen LogP contribution in [0.4, 0.5) is 0 Å². The van der Waals surface area contributed by atoms with Gasteiger partial charge in [-0.1, -0.05) is 31.7 Å². The van der Waals surface area contributed by atoms with Crippen molar-refractivity contribution in [3.63, 3.8) is 0 Å². The van der Waals surface area contributed by atoms with Gasteiger partial charge in [0.05, 0.1) is 18.8 Å². The molecule has 3 nitrogen and oxygen atoms in total. The first kappa shape index (κ1) is 12.4. The van der Waals surface area contributed by atoms with E-state index >= 15 is 0 Å². The Bertz CT molecular complexity index is 403. The maximum absolute atomic E-state index is 4.50. The van der Waals surface area contributed by atoms with Gasteiger partial charge in [-0.05, 0) is 24.5 Å². The van der Waals surface area contributed by atoms with Crippen LogP contribution in [0.25, 0.3) is 0 Å².